The van der Waals surface area contributed by atoms with Crippen LogP contribution in [-0.4, -0.2) is 22.4 Å². The zero-order chi connectivity index (χ0) is 19.0. The van der Waals surface area contributed by atoms with Gasteiger partial charge < -0.3 is 9.84 Å². The molecule has 4 nitrogen and oxygen atoms in total. The number of anilines is 1. The molecule has 0 saturated carbocycles. The number of benzene rings is 2. The maximum Gasteiger partial charge on any atom is 0.270 e. The van der Waals surface area contributed by atoms with Crippen molar-refractivity contribution in [2.75, 3.05) is 12.0 Å². The van der Waals surface area contributed by atoms with Crippen LogP contribution in [0.4, 0.5) is 5.69 Å². The molecule has 1 amide bonds. The van der Waals surface area contributed by atoms with Crippen LogP contribution in [0.1, 0.15) is 5.56 Å². The summed E-state index contributed by atoms with van der Waals surface area (Å²) in [5.74, 6) is 0.122. The lowest BCUT2D eigenvalue weighted by molar-refractivity contribution is -0.113. The minimum Gasteiger partial charge on any atom is -0.504 e. The summed E-state index contributed by atoms with van der Waals surface area (Å²) < 4.78 is 6.15. The largest absolute Gasteiger partial charge is 0.504 e. The van der Waals surface area contributed by atoms with E-state index >= 15 is 0 Å². The lowest BCUT2D eigenvalue weighted by Gasteiger charge is -2.16. The number of rotatable bonds is 3. The average Bonchev–Trinajstić information content (AvgIpc) is 2.85. The molecule has 9 heteroatoms. The van der Waals surface area contributed by atoms with E-state index < -0.39 is 0 Å². The van der Waals surface area contributed by atoms with Gasteiger partial charge in [-0.1, -0.05) is 47.2 Å². The lowest BCUT2D eigenvalue weighted by atomic mass is 10.2. The number of hydrogen-bond acceptors (Lipinski definition) is 5. The molecule has 0 atom stereocenters. The molecule has 1 aliphatic heterocycles. The lowest BCUT2D eigenvalue weighted by Crippen LogP contribution is -2.27. The Kier molecular flexibility index (Phi) is 6.03. The van der Waals surface area contributed by atoms with E-state index in [0.29, 0.717) is 39.8 Å². The molecule has 0 aliphatic carbocycles. The minimum absolute atomic E-state index is 0.0609. The molecule has 1 heterocycles. The van der Waals surface area contributed by atoms with Gasteiger partial charge in [0.1, 0.15) is 0 Å². The zero-order valence-corrected chi connectivity index (χ0v) is 18.4. The van der Waals surface area contributed by atoms with Gasteiger partial charge in [0.25, 0.3) is 5.91 Å². The number of hydrogen-bond donors (Lipinski definition) is 1. The van der Waals surface area contributed by atoms with E-state index in [1.54, 1.807) is 36.4 Å². The number of thioether (sulfide) groups is 1. The van der Waals surface area contributed by atoms with Crippen LogP contribution in [-0.2, 0) is 4.79 Å². The number of carbonyl (C=O) groups is 1. The van der Waals surface area contributed by atoms with Crippen molar-refractivity contribution < 1.29 is 14.6 Å². The third-order valence-corrected chi connectivity index (χ3v) is 6.18. The number of aromatic hydroxyl groups is 1. The van der Waals surface area contributed by atoms with E-state index in [4.69, 9.17) is 40.2 Å². The van der Waals surface area contributed by atoms with Gasteiger partial charge in [0, 0.05) is 5.02 Å². The predicted octanol–water partition coefficient (Wildman–Crippen LogP) is 5.72. The van der Waals surface area contributed by atoms with Crippen molar-refractivity contribution in [1.29, 1.82) is 0 Å². The van der Waals surface area contributed by atoms with Crippen molar-refractivity contribution in [2.24, 2.45) is 0 Å². The summed E-state index contributed by atoms with van der Waals surface area (Å²) in [6.45, 7) is 0. The number of halogens is 3. The Morgan fingerprint density at radius 3 is 2.69 bits per heavy atom. The maximum atomic E-state index is 12.8. The molecule has 1 aliphatic rings. The van der Waals surface area contributed by atoms with Gasteiger partial charge in [-0.2, -0.15) is 0 Å². The fourth-order valence-electron chi connectivity index (χ4n) is 2.32. The SMILES string of the molecule is COc1cc(/C=C2\SC(=S)N(c3ccc(Cl)cc3Cl)C2=O)cc(I)c1O. The first-order valence-electron chi connectivity index (χ1n) is 7.11. The van der Waals surface area contributed by atoms with E-state index in [0.717, 1.165) is 0 Å². The third-order valence-electron chi connectivity index (χ3n) is 3.51. The Morgan fingerprint density at radius 1 is 1.31 bits per heavy atom. The summed E-state index contributed by atoms with van der Waals surface area (Å²) in [6.07, 6.45) is 1.70. The number of amides is 1. The molecule has 1 fully saturated rings. The summed E-state index contributed by atoms with van der Waals surface area (Å²) in [5, 5.41) is 10.8. The van der Waals surface area contributed by atoms with Crippen molar-refractivity contribution in [3.8, 4) is 11.5 Å². The number of ether oxygens (including phenoxy) is 1. The molecule has 0 aromatic heterocycles. The molecule has 134 valence electrons. The van der Waals surface area contributed by atoms with Gasteiger partial charge in [-0.15, -0.1) is 0 Å². The molecule has 0 bridgehead atoms. The van der Waals surface area contributed by atoms with E-state index in [1.165, 1.54) is 23.8 Å². The monoisotopic (exact) mass is 537 g/mol. The van der Waals surface area contributed by atoms with Gasteiger partial charge in [0.2, 0.25) is 0 Å². The van der Waals surface area contributed by atoms with E-state index in [2.05, 4.69) is 0 Å². The fraction of sp³-hybridized carbons (Fsp3) is 0.0588. The van der Waals surface area contributed by atoms with Crippen molar-refractivity contribution in [3.05, 3.63) is 54.4 Å². The fourth-order valence-corrected chi connectivity index (χ4v) is 4.73. The van der Waals surface area contributed by atoms with Gasteiger partial charge in [0.05, 0.1) is 26.3 Å². The molecule has 3 rings (SSSR count). The van der Waals surface area contributed by atoms with Crippen LogP contribution in [0, 0.1) is 3.57 Å². The van der Waals surface area contributed by atoms with Crippen LogP contribution < -0.4 is 9.64 Å². The summed E-state index contributed by atoms with van der Waals surface area (Å²) in [4.78, 5) is 14.7. The van der Waals surface area contributed by atoms with E-state index in [9.17, 15) is 9.90 Å². The Bertz CT molecular complexity index is 965. The number of phenolic OH excluding ortho intramolecular Hbond substituents is 1. The molecule has 0 spiro atoms. The second-order valence-corrected chi connectivity index (χ2v) is 8.85. The van der Waals surface area contributed by atoms with Gasteiger partial charge in [-0.3, -0.25) is 9.69 Å². The molecule has 2 aromatic rings. The van der Waals surface area contributed by atoms with Crippen molar-refractivity contribution >= 4 is 91.8 Å². The molecule has 1 saturated heterocycles. The number of nitrogens with zero attached hydrogens (tertiary/aromatic N) is 1. The number of carbonyl (C=O) groups excluding carboxylic acids is 1. The Morgan fingerprint density at radius 2 is 2.04 bits per heavy atom. The topological polar surface area (TPSA) is 49.8 Å². The van der Waals surface area contributed by atoms with E-state index in [1.807, 2.05) is 22.6 Å². The Hall–Kier alpha value is -1.00. The minimum atomic E-state index is -0.272. The first-order valence-corrected chi connectivity index (χ1v) is 10.2. The third kappa shape index (κ3) is 3.82. The molecule has 0 radical (unpaired) electrons. The second kappa shape index (κ2) is 7.93. The smallest absolute Gasteiger partial charge is 0.270 e. The van der Waals surface area contributed by atoms with Gasteiger partial charge in [-0.25, -0.2) is 0 Å². The van der Waals surface area contributed by atoms with Crippen LogP contribution in [0.5, 0.6) is 11.5 Å². The molecule has 0 unspecified atom stereocenters. The van der Waals surface area contributed by atoms with Gasteiger partial charge in [0.15, 0.2) is 15.8 Å². The van der Waals surface area contributed by atoms with Crippen molar-refractivity contribution in [1.82, 2.24) is 0 Å². The molecular weight excluding hydrogens is 528 g/mol. The van der Waals surface area contributed by atoms with Crippen LogP contribution in [0.25, 0.3) is 6.08 Å². The standard InChI is InChI=1S/C17H10Cl2INO3S2/c1-24-13-5-8(4-11(20)15(13)22)6-14-16(23)21(17(25)26-14)12-3-2-9(18)7-10(12)19/h2-7,22H,1H3/b14-6-. The number of phenols is 1. The summed E-state index contributed by atoms with van der Waals surface area (Å²) in [6, 6.07) is 8.27. The summed E-state index contributed by atoms with van der Waals surface area (Å²) in [5.41, 5.74) is 1.20. The van der Waals surface area contributed by atoms with Crippen molar-refractivity contribution in [2.45, 2.75) is 0 Å². The molecular formula is C17H10Cl2INO3S2. The highest BCUT2D eigenvalue weighted by molar-refractivity contribution is 14.1. The van der Waals surface area contributed by atoms with Crippen LogP contribution in [0.3, 0.4) is 0 Å². The van der Waals surface area contributed by atoms with E-state index in [-0.39, 0.29) is 11.7 Å². The quantitative estimate of drug-likeness (QED) is 0.308. The maximum absolute atomic E-state index is 12.8. The van der Waals surface area contributed by atoms with Gasteiger partial charge >= 0.3 is 0 Å². The van der Waals surface area contributed by atoms with Gasteiger partial charge in [-0.05, 0) is 64.6 Å². The van der Waals surface area contributed by atoms with Crippen LogP contribution >= 0.6 is 69.8 Å². The zero-order valence-electron chi connectivity index (χ0n) is 13.1. The highest BCUT2D eigenvalue weighted by Gasteiger charge is 2.34. The van der Waals surface area contributed by atoms with Crippen molar-refractivity contribution in [3.63, 3.8) is 0 Å². The molecule has 1 N–H and O–H groups in total. The first kappa shape index (κ1) is 19.8. The van der Waals surface area contributed by atoms with Crippen LogP contribution in [0.2, 0.25) is 10.0 Å². The normalized spacial score (nSPS) is 15.8. The predicted molar refractivity (Wildman–Crippen MR) is 119 cm³/mol. The number of thiocarbonyl (C=S) groups is 1. The average molecular weight is 538 g/mol. The van der Waals surface area contributed by atoms with Crippen LogP contribution in [0.15, 0.2) is 35.2 Å². The second-order valence-electron chi connectivity index (χ2n) is 5.17. The highest BCUT2D eigenvalue weighted by Crippen LogP contribution is 2.40. The Labute approximate surface area is 183 Å². The number of methoxy groups -OCH3 is 1. The first-order chi connectivity index (χ1) is 12.3. The molecule has 26 heavy (non-hydrogen) atoms. The Balaban J connectivity index is 1.99. The molecule has 2 aromatic carbocycles. The summed E-state index contributed by atoms with van der Waals surface area (Å²) >= 11 is 20.7. The highest BCUT2D eigenvalue weighted by atomic mass is 127. The summed E-state index contributed by atoms with van der Waals surface area (Å²) in [7, 11) is 1.47.